The number of fused-ring (bicyclic) bond motifs is 1. The fourth-order valence-electron chi connectivity index (χ4n) is 3.00. The number of carboxylic acid groups (broad SMARTS) is 1. The lowest BCUT2D eigenvalue weighted by Crippen LogP contribution is -2.36. The maximum atomic E-state index is 13.1. The highest BCUT2D eigenvalue weighted by Gasteiger charge is 2.31. The van der Waals surface area contributed by atoms with Crippen molar-refractivity contribution in [1.82, 2.24) is 15.0 Å². The third kappa shape index (κ3) is 3.50. The van der Waals surface area contributed by atoms with Gasteiger partial charge in [-0.25, -0.2) is 4.98 Å². The number of rotatable bonds is 7. The first-order valence-corrected chi connectivity index (χ1v) is 8.73. The molecule has 3 rings (SSSR count). The molecule has 0 spiro atoms. The third-order valence-corrected chi connectivity index (χ3v) is 4.37. The molecule has 7 nitrogen and oxygen atoms in total. The third-order valence-electron chi connectivity index (χ3n) is 4.37. The second-order valence-corrected chi connectivity index (χ2v) is 6.89. The molecule has 2 aromatic heterocycles. The van der Waals surface area contributed by atoms with Gasteiger partial charge in [0, 0.05) is 18.2 Å². The Kier molecular flexibility index (Phi) is 4.74. The van der Waals surface area contributed by atoms with Gasteiger partial charge in [0.1, 0.15) is 6.54 Å². The SMILES string of the molecule is CCCN(CC(=O)O)C(=O)c1cc(C2CC2)nc2onc(C(C)C)c12. The maximum Gasteiger partial charge on any atom is 0.323 e. The van der Waals surface area contributed by atoms with Crippen molar-refractivity contribution >= 4 is 23.0 Å². The fraction of sp³-hybridized carbons (Fsp3) is 0.556. The van der Waals surface area contributed by atoms with Crippen LogP contribution < -0.4 is 0 Å². The van der Waals surface area contributed by atoms with Crippen molar-refractivity contribution in [3.63, 3.8) is 0 Å². The van der Waals surface area contributed by atoms with Gasteiger partial charge in [-0.05, 0) is 31.2 Å². The highest BCUT2D eigenvalue weighted by Crippen LogP contribution is 2.41. The zero-order chi connectivity index (χ0) is 18.1. The van der Waals surface area contributed by atoms with Crippen LogP contribution in [0.5, 0.6) is 0 Å². The van der Waals surface area contributed by atoms with Crippen molar-refractivity contribution in [3.05, 3.63) is 23.0 Å². The Morgan fingerprint density at radius 2 is 2.12 bits per heavy atom. The number of carbonyl (C=O) groups excluding carboxylic acids is 1. The molecule has 1 amide bonds. The molecule has 0 aliphatic heterocycles. The van der Waals surface area contributed by atoms with E-state index in [0.717, 1.165) is 18.5 Å². The van der Waals surface area contributed by atoms with E-state index in [2.05, 4.69) is 10.1 Å². The summed E-state index contributed by atoms with van der Waals surface area (Å²) in [5, 5.41) is 13.8. The predicted octanol–water partition coefficient (Wildman–Crippen LogP) is 3.16. The highest BCUT2D eigenvalue weighted by molar-refractivity contribution is 6.07. The van der Waals surface area contributed by atoms with Crippen LogP contribution >= 0.6 is 0 Å². The van der Waals surface area contributed by atoms with Gasteiger partial charge in [0.25, 0.3) is 11.6 Å². The van der Waals surface area contributed by atoms with Gasteiger partial charge in [-0.1, -0.05) is 25.9 Å². The summed E-state index contributed by atoms with van der Waals surface area (Å²) in [7, 11) is 0. The van der Waals surface area contributed by atoms with Gasteiger partial charge in [0.05, 0.1) is 16.6 Å². The molecule has 134 valence electrons. The normalized spacial score (nSPS) is 14.2. The maximum absolute atomic E-state index is 13.1. The molecule has 1 N–H and O–H groups in total. The lowest BCUT2D eigenvalue weighted by atomic mass is 10.0. The second-order valence-electron chi connectivity index (χ2n) is 6.89. The quantitative estimate of drug-likeness (QED) is 0.828. The summed E-state index contributed by atoms with van der Waals surface area (Å²) in [6.07, 6.45) is 2.78. The molecular formula is C18H23N3O4. The molecule has 0 saturated heterocycles. The summed E-state index contributed by atoms with van der Waals surface area (Å²) in [5.41, 5.74) is 2.32. The molecule has 0 aromatic carbocycles. The van der Waals surface area contributed by atoms with Crippen molar-refractivity contribution in [2.75, 3.05) is 13.1 Å². The molecule has 0 radical (unpaired) electrons. The first kappa shape index (κ1) is 17.4. The number of aliphatic carboxylic acids is 1. The van der Waals surface area contributed by atoms with E-state index in [4.69, 9.17) is 9.63 Å². The summed E-state index contributed by atoms with van der Waals surface area (Å²) in [6.45, 7) is 5.93. The number of hydrogen-bond donors (Lipinski definition) is 1. The highest BCUT2D eigenvalue weighted by atomic mass is 16.5. The van der Waals surface area contributed by atoms with Gasteiger partial charge in [-0.15, -0.1) is 0 Å². The minimum atomic E-state index is -1.02. The Morgan fingerprint density at radius 1 is 1.40 bits per heavy atom. The molecule has 0 unspecified atom stereocenters. The second kappa shape index (κ2) is 6.82. The summed E-state index contributed by atoms with van der Waals surface area (Å²) in [5.74, 6) is -0.907. The van der Waals surface area contributed by atoms with Crippen molar-refractivity contribution in [3.8, 4) is 0 Å². The van der Waals surface area contributed by atoms with Gasteiger partial charge in [-0.2, -0.15) is 0 Å². The van der Waals surface area contributed by atoms with Crippen LogP contribution in [0.25, 0.3) is 11.1 Å². The monoisotopic (exact) mass is 345 g/mol. The van der Waals surface area contributed by atoms with E-state index in [1.54, 1.807) is 6.07 Å². The smallest absolute Gasteiger partial charge is 0.323 e. The van der Waals surface area contributed by atoms with E-state index in [1.165, 1.54) is 4.90 Å². The Hall–Kier alpha value is -2.44. The van der Waals surface area contributed by atoms with Crippen molar-refractivity contribution in [1.29, 1.82) is 0 Å². The molecule has 1 fully saturated rings. The Labute approximate surface area is 146 Å². The molecule has 25 heavy (non-hydrogen) atoms. The lowest BCUT2D eigenvalue weighted by molar-refractivity contribution is -0.137. The van der Waals surface area contributed by atoms with Crippen LogP contribution in [0, 0.1) is 0 Å². The Balaban J connectivity index is 2.12. The Morgan fingerprint density at radius 3 is 2.68 bits per heavy atom. The summed E-state index contributed by atoms with van der Waals surface area (Å²) in [6, 6.07) is 1.80. The number of carboxylic acids is 1. The molecule has 1 saturated carbocycles. The van der Waals surface area contributed by atoms with E-state index < -0.39 is 5.97 Å². The van der Waals surface area contributed by atoms with Gasteiger partial charge in [0.15, 0.2) is 0 Å². The Bertz CT molecular complexity index is 808. The zero-order valence-electron chi connectivity index (χ0n) is 14.8. The molecule has 1 aliphatic carbocycles. The largest absolute Gasteiger partial charge is 0.480 e. The molecular weight excluding hydrogens is 322 g/mol. The number of nitrogens with zero attached hydrogens (tertiary/aromatic N) is 3. The standard InChI is InChI=1S/C18H23N3O4/c1-4-7-21(9-14(22)23)18(24)12-8-13(11-5-6-11)19-17-15(12)16(10(2)3)20-25-17/h8,10-11H,4-7,9H2,1-3H3,(H,22,23). The zero-order valence-corrected chi connectivity index (χ0v) is 14.8. The topological polar surface area (TPSA) is 96.5 Å². The van der Waals surface area contributed by atoms with E-state index in [-0.39, 0.29) is 18.4 Å². The minimum absolute atomic E-state index is 0.0699. The van der Waals surface area contributed by atoms with E-state index >= 15 is 0 Å². The first-order chi connectivity index (χ1) is 11.9. The van der Waals surface area contributed by atoms with Crippen LogP contribution in [0.3, 0.4) is 0 Å². The van der Waals surface area contributed by atoms with Crippen LogP contribution in [-0.4, -0.2) is 45.1 Å². The van der Waals surface area contributed by atoms with E-state index in [1.807, 2.05) is 20.8 Å². The van der Waals surface area contributed by atoms with Gasteiger partial charge < -0.3 is 14.5 Å². The number of hydrogen-bond acceptors (Lipinski definition) is 5. The summed E-state index contributed by atoms with van der Waals surface area (Å²) >= 11 is 0. The summed E-state index contributed by atoms with van der Waals surface area (Å²) < 4.78 is 5.39. The molecule has 0 atom stereocenters. The average molecular weight is 345 g/mol. The number of pyridine rings is 1. The van der Waals surface area contributed by atoms with Crippen molar-refractivity contribution in [2.24, 2.45) is 0 Å². The van der Waals surface area contributed by atoms with Crippen LogP contribution in [-0.2, 0) is 4.79 Å². The van der Waals surface area contributed by atoms with Crippen LogP contribution in [0.15, 0.2) is 10.6 Å². The van der Waals surface area contributed by atoms with Crippen LogP contribution in [0.1, 0.15) is 73.6 Å². The lowest BCUT2D eigenvalue weighted by Gasteiger charge is -2.21. The van der Waals surface area contributed by atoms with Gasteiger partial charge in [-0.3, -0.25) is 9.59 Å². The molecule has 7 heteroatoms. The number of aromatic nitrogens is 2. The van der Waals surface area contributed by atoms with Crippen LogP contribution in [0.4, 0.5) is 0 Å². The van der Waals surface area contributed by atoms with Crippen molar-refractivity contribution in [2.45, 2.75) is 51.9 Å². The van der Waals surface area contributed by atoms with Crippen LogP contribution in [0.2, 0.25) is 0 Å². The van der Waals surface area contributed by atoms with Gasteiger partial charge in [0.2, 0.25) is 0 Å². The van der Waals surface area contributed by atoms with E-state index in [9.17, 15) is 9.59 Å². The first-order valence-electron chi connectivity index (χ1n) is 8.73. The molecule has 0 bridgehead atoms. The number of carbonyl (C=O) groups is 2. The molecule has 2 aromatic rings. The number of amides is 1. The molecule has 2 heterocycles. The predicted molar refractivity (Wildman–Crippen MR) is 91.7 cm³/mol. The minimum Gasteiger partial charge on any atom is -0.480 e. The van der Waals surface area contributed by atoms with E-state index in [0.29, 0.717) is 41.2 Å². The van der Waals surface area contributed by atoms with Gasteiger partial charge >= 0.3 is 5.97 Å². The average Bonchev–Trinajstić information content (AvgIpc) is 3.31. The molecule has 1 aliphatic rings. The van der Waals surface area contributed by atoms with Crippen molar-refractivity contribution < 1.29 is 19.2 Å². The fourth-order valence-corrected chi connectivity index (χ4v) is 3.00. The summed E-state index contributed by atoms with van der Waals surface area (Å²) in [4.78, 5) is 30.2.